The van der Waals surface area contributed by atoms with E-state index in [9.17, 15) is 0 Å². The third-order valence-corrected chi connectivity index (χ3v) is 5.88. The highest BCUT2D eigenvalue weighted by atomic mass is 16.5. The average Bonchev–Trinajstić information content (AvgIpc) is 3.50. The minimum Gasteiger partial charge on any atom is -0.477 e. The highest BCUT2D eigenvalue weighted by Crippen LogP contribution is 2.38. The Morgan fingerprint density at radius 2 is 2.03 bits per heavy atom. The van der Waals surface area contributed by atoms with E-state index >= 15 is 0 Å². The monoisotopic (exact) mass is 491 g/mol. The molecule has 0 spiro atoms. The van der Waals surface area contributed by atoms with Gasteiger partial charge in [-0.15, -0.1) is 0 Å². The summed E-state index contributed by atoms with van der Waals surface area (Å²) in [5.41, 5.74) is 3.24. The predicted molar refractivity (Wildman–Crippen MR) is 132 cm³/mol. The van der Waals surface area contributed by atoms with E-state index in [0.717, 1.165) is 48.6 Å². The Labute approximate surface area is 208 Å². The molecule has 0 aromatic carbocycles. The molecule has 4 aromatic heterocycles. The average molecular weight is 492 g/mol. The van der Waals surface area contributed by atoms with E-state index in [0.29, 0.717) is 42.4 Å². The van der Waals surface area contributed by atoms with Gasteiger partial charge < -0.3 is 24.2 Å². The zero-order valence-corrected chi connectivity index (χ0v) is 20.6. The van der Waals surface area contributed by atoms with Gasteiger partial charge in [-0.25, -0.2) is 0 Å². The van der Waals surface area contributed by atoms with Gasteiger partial charge in [-0.3, -0.25) is 15.1 Å². The minimum absolute atomic E-state index is 0.0442. The fourth-order valence-electron chi connectivity index (χ4n) is 3.99. The van der Waals surface area contributed by atoms with Crippen LogP contribution in [0.3, 0.4) is 0 Å². The lowest BCUT2D eigenvalue weighted by Crippen LogP contribution is -2.42. The SMILES string of the molecule is CCc1nccnc1-c1cc([C@@H]2CCN2c2nc(Nc3cc(C)[nH]n3)cc(OCCCOC)n2)on1. The van der Waals surface area contributed by atoms with Crippen molar-refractivity contribution in [2.24, 2.45) is 0 Å². The number of nitrogens with one attached hydrogen (secondary N) is 2. The molecule has 0 saturated carbocycles. The number of aromatic amines is 1. The number of rotatable bonds is 11. The van der Waals surface area contributed by atoms with E-state index in [1.807, 2.05) is 26.0 Å². The summed E-state index contributed by atoms with van der Waals surface area (Å²) in [6.07, 6.45) is 5.76. The van der Waals surface area contributed by atoms with Crippen molar-refractivity contribution in [3.8, 4) is 17.3 Å². The Bertz CT molecular complexity index is 1310. The molecule has 188 valence electrons. The smallest absolute Gasteiger partial charge is 0.231 e. The number of hydrogen-bond acceptors (Lipinski definition) is 11. The van der Waals surface area contributed by atoms with Gasteiger partial charge in [0.1, 0.15) is 17.2 Å². The highest BCUT2D eigenvalue weighted by molar-refractivity contribution is 5.58. The topological polar surface area (TPSA) is 140 Å². The fraction of sp³-hybridized carbons (Fsp3) is 0.417. The zero-order valence-electron chi connectivity index (χ0n) is 20.6. The first-order valence-electron chi connectivity index (χ1n) is 12.0. The molecule has 5 heterocycles. The van der Waals surface area contributed by atoms with Crippen LogP contribution in [0.25, 0.3) is 11.4 Å². The first-order chi connectivity index (χ1) is 17.6. The predicted octanol–water partition coefficient (Wildman–Crippen LogP) is 3.63. The molecule has 0 unspecified atom stereocenters. The molecule has 0 aliphatic carbocycles. The van der Waals surface area contributed by atoms with Crippen LogP contribution in [0.15, 0.2) is 35.1 Å². The van der Waals surface area contributed by atoms with Crippen molar-refractivity contribution < 1.29 is 14.0 Å². The van der Waals surface area contributed by atoms with Gasteiger partial charge in [0, 0.05) is 63.0 Å². The molecule has 1 atom stereocenters. The van der Waals surface area contributed by atoms with Gasteiger partial charge >= 0.3 is 0 Å². The summed E-state index contributed by atoms with van der Waals surface area (Å²) < 4.78 is 16.8. The number of methoxy groups -OCH3 is 1. The van der Waals surface area contributed by atoms with Crippen molar-refractivity contribution in [2.45, 2.75) is 39.2 Å². The van der Waals surface area contributed by atoms with Gasteiger partial charge in [0.05, 0.1) is 18.3 Å². The minimum atomic E-state index is -0.0442. The van der Waals surface area contributed by atoms with Crippen LogP contribution in [0.5, 0.6) is 5.88 Å². The third kappa shape index (κ3) is 5.13. The van der Waals surface area contributed by atoms with E-state index in [4.69, 9.17) is 19.0 Å². The van der Waals surface area contributed by atoms with E-state index in [-0.39, 0.29) is 6.04 Å². The molecule has 1 saturated heterocycles. The Morgan fingerprint density at radius 3 is 2.78 bits per heavy atom. The fourth-order valence-corrected chi connectivity index (χ4v) is 3.99. The first-order valence-corrected chi connectivity index (χ1v) is 12.0. The quantitative estimate of drug-likeness (QED) is 0.297. The van der Waals surface area contributed by atoms with E-state index in [1.54, 1.807) is 25.6 Å². The van der Waals surface area contributed by atoms with E-state index in [1.165, 1.54) is 0 Å². The largest absolute Gasteiger partial charge is 0.477 e. The van der Waals surface area contributed by atoms with Crippen molar-refractivity contribution in [3.63, 3.8) is 0 Å². The first kappa shape index (κ1) is 23.7. The van der Waals surface area contributed by atoms with Crippen molar-refractivity contribution >= 4 is 17.6 Å². The van der Waals surface area contributed by atoms with E-state index < -0.39 is 0 Å². The molecule has 36 heavy (non-hydrogen) atoms. The maximum Gasteiger partial charge on any atom is 0.231 e. The molecular formula is C24H29N9O3. The van der Waals surface area contributed by atoms with Crippen molar-refractivity contribution in [1.29, 1.82) is 0 Å². The Kier molecular flexibility index (Phi) is 7.03. The third-order valence-electron chi connectivity index (χ3n) is 5.88. The molecule has 2 N–H and O–H groups in total. The Balaban J connectivity index is 1.38. The van der Waals surface area contributed by atoms with Gasteiger partial charge in [-0.05, 0) is 19.8 Å². The maximum absolute atomic E-state index is 5.90. The molecule has 0 radical (unpaired) electrons. The van der Waals surface area contributed by atoms with Crippen LogP contribution in [-0.2, 0) is 11.2 Å². The second-order valence-electron chi connectivity index (χ2n) is 8.47. The summed E-state index contributed by atoms with van der Waals surface area (Å²) >= 11 is 0. The molecule has 5 rings (SSSR count). The normalized spacial score (nSPS) is 15.1. The standard InChI is InChI=1S/C24H29N9O3/c1-4-16-23(26-8-7-25-16)17-13-19(36-32-17)18-6-9-33(18)24-28-20(27-21-12-15(2)30-31-21)14-22(29-24)35-11-5-10-34-3/h7-8,12-14,18H,4-6,9-11H2,1-3H3,(H2,27,28,29,30,31)/t18-/m0/s1. The van der Waals surface area contributed by atoms with Crippen LogP contribution >= 0.6 is 0 Å². The number of aromatic nitrogens is 7. The molecule has 12 nitrogen and oxygen atoms in total. The molecule has 1 aliphatic heterocycles. The van der Waals surface area contributed by atoms with Gasteiger partial charge in [0.15, 0.2) is 11.6 Å². The Hall–Kier alpha value is -4.06. The molecule has 1 aliphatic rings. The summed E-state index contributed by atoms with van der Waals surface area (Å²) in [5, 5.41) is 14.7. The Morgan fingerprint density at radius 1 is 1.14 bits per heavy atom. The summed E-state index contributed by atoms with van der Waals surface area (Å²) in [6.45, 7) is 5.86. The van der Waals surface area contributed by atoms with Gasteiger partial charge in [-0.1, -0.05) is 12.1 Å². The van der Waals surface area contributed by atoms with Crippen LogP contribution < -0.4 is 15.0 Å². The number of aryl methyl sites for hydroxylation is 2. The summed E-state index contributed by atoms with van der Waals surface area (Å²) in [6, 6.07) is 5.55. The lowest BCUT2D eigenvalue weighted by atomic mass is 10.0. The number of hydrogen-bond donors (Lipinski definition) is 2. The molecule has 1 fully saturated rings. The number of H-pyrrole nitrogens is 1. The van der Waals surface area contributed by atoms with Crippen LogP contribution in [0, 0.1) is 6.92 Å². The lowest BCUT2D eigenvalue weighted by Gasteiger charge is -2.39. The zero-order chi connectivity index (χ0) is 24.9. The van der Waals surface area contributed by atoms with Crippen molar-refractivity contribution in [3.05, 3.63) is 47.7 Å². The molecular weight excluding hydrogens is 462 g/mol. The van der Waals surface area contributed by atoms with Crippen molar-refractivity contribution in [2.75, 3.05) is 37.1 Å². The number of nitrogens with zero attached hydrogens (tertiary/aromatic N) is 7. The second kappa shape index (κ2) is 10.7. The lowest BCUT2D eigenvalue weighted by molar-refractivity contribution is 0.170. The summed E-state index contributed by atoms with van der Waals surface area (Å²) in [5.74, 6) is 3.00. The van der Waals surface area contributed by atoms with Crippen molar-refractivity contribution in [1.82, 2.24) is 35.3 Å². The number of anilines is 3. The molecule has 0 amide bonds. The van der Waals surface area contributed by atoms with Gasteiger partial charge in [-0.2, -0.15) is 15.1 Å². The van der Waals surface area contributed by atoms with E-state index in [2.05, 4.69) is 40.5 Å². The molecule has 0 bridgehead atoms. The summed E-state index contributed by atoms with van der Waals surface area (Å²) in [4.78, 5) is 20.3. The van der Waals surface area contributed by atoms with Crippen LogP contribution in [0.1, 0.15) is 43.0 Å². The second-order valence-corrected chi connectivity index (χ2v) is 8.47. The van der Waals surface area contributed by atoms with Gasteiger partial charge in [0.25, 0.3) is 0 Å². The molecule has 4 aromatic rings. The van der Waals surface area contributed by atoms with Crippen LogP contribution in [0.4, 0.5) is 17.6 Å². The van der Waals surface area contributed by atoms with Crippen LogP contribution in [-0.4, -0.2) is 62.2 Å². The highest BCUT2D eigenvalue weighted by Gasteiger charge is 2.35. The number of ether oxygens (including phenoxy) is 2. The van der Waals surface area contributed by atoms with Gasteiger partial charge in [0.2, 0.25) is 11.8 Å². The maximum atomic E-state index is 5.90. The molecule has 12 heteroatoms. The summed E-state index contributed by atoms with van der Waals surface area (Å²) in [7, 11) is 1.67. The van der Waals surface area contributed by atoms with Crippen LogP contribution in [0.2, 0.25) is 0 Å².